The van der Waals surface area contributed by atoms with Crippen molar-refractivity contribution in [2.24, 2.45) is 0 Å². The van der Waals surface area contributed by atoms with Crippen LogP contribution < -0.4 is 5.32 Å². The molecule has 0 aromatic carbocycles. The van der Waals surface area contributed by atoms with Crippen molar-refractivity contribution >= 4 is 5.91 Å². The Labute approximate surface area is 131 Å². The van der Waals surface area contributed by atoms with Crippen LogP contribution in [0, 0.1) is 0 Å². The molecule has 0 bridgehead atoms. The van der Waals surface area contributed by atoms with Gasteiger partial charge in [0.05, 0.1) is 5.60 Å². The van der Waals surface area contributed by atoms with Crippen LogP contribution >= 0.6 is 0 Å². The Morgan fingerprint density at radius 3 is 2.64 bits per heavy atom. The summed E-state index contributed by atoms with van der Waals surface area (Å²) in [5.74, 6) is 1.55. The van der Waals surface area contributed by atoms with Crippen molar-refractivity contribution in [1.82, 2.24) is 15.5 Å². The Morgan fingerprint density at radius 2 is 2.00 bits per heavy atom. The summed E-state index contributed by atoms with van der Waals surface area (Å²) in [6.45, 7) is 4.12. The highest BCUT2D eigenvalue weighted by Gasteiger charge is 2.24. The van der Waals surface area contributed by atoms with E-state index in [0.717, 1.165) is 18.7 Å². The highest BCUT2D eigenvalue weighted by atomic mass is 16.4. The Kier molecular flexibility index (Phi) is 5.94. The molecule has 0 aliphatic heterocycles. The van der Waals surface area contributed by atoms with Gasteiger partial charge in [0, 0.05) is 25.3 Å². The minimum atomic E-state index is -0.810. The molecule has 124 valence electrons. The molecule has 1 fully saturated rings. The first-order valence-electron chi connectivity index (χ1n) is 8.37. The third-order valence-corrected chi connectivity index (χ3v) is 4.68. The fourth-order valence-corrected chi connectivity index (χ4v) is 2.78. The van der Waals surface area contributed by atoms with Crippen molar-refractivity contribution in [3.05, 3.63) is 11.8 Å². The molecule has 22 heavy (non-hydrogen) atoms. The van der Waals surface area contributed by atoms with Crippen molar-refractivity contribution in [3.8, 4) is 0 Å². The van der Waals surface area contributed by atoms with Crippen molar-refractivity contribution in [2.75, 3.05) is 6.54 Å². The minimum Gasteiger partial charge on any atom is -0.425 e. The largest absolute Gasteiger partial charge is 0.425 e. The van der Waals surface area contributed by atoms with Crippen LogP contribution in [0.25, 0.3) is 0 Å². The molecule has 6 heteroatoms. The lowest BCUT2D eigenvalue weighted by molar-refractivity contribution is -0.122. The number of hydrogen-bond acceptors (Lipinski definition) is 5. The molecule has 0 radical (unpaired) electrons. The van der Waals surface area contributed by atoms with E-state index in [1.165, 1.54) is 12.8 Å². The van der Waals surface area contributed by atoms with E-state index in [1.807, 2.05) is 13.8 Å². The van der Waals surface area contributed by atoms with Gasteiger partial charge in [-0.3, -0.25) is 4.79 Å². The van der Waals surface area contributed by atoms with Crippen LogP contribution in [0.15, 0.2) is 4.42 Å². The monoisotopic (exact) mass is 309 g/mol. The quantitative estimate of drug-likeness (QED) is 0.769. The van der Waals surface area contributed by atoms with Crippen LogP contribution in [-0.2, 0) is 11.2 Å². The second-order valence-electron chi connectivity index (χ2n) is 6.22. The van der Waals surface area contributed by atoms with E-state index in [-0.39, 0.29) is 12.5 Å². The van der Waals surface area contributed by atoms with Gasteiger partial charge in [-0.25, -0.2) is 0 Å². The van der Waals surface area contributed by atoms with Crippen LogP contribution in [0.3, 0.4) is 0 Å². The van der Waals surface area contributed by atoms with E-state index in [4.69, 9.17) is 4.42 Å². The summed E-state index contributed by atoms with van der Waals surface area (Å²) >= 11 is 0. The van der Waals surface area contributed by atoms with E-state index in [9.17, 15) is 9.90 Å². The molecule has 1 aliphatic carbocycles. The van der Waals surface area contributed by atoms with Gasteiger partial charge < -0.3 is 14.8 Å². The summed E-state index contributed by atoms with van der Waals surface area (Å²) in [5.41, 5.74) is -0.810. The molecule has 1 amide bonds. The summed E-state index contributed by atoms with van der Waals surface area (Å²) in [4.78, 5) is 11.8. The molecule has 2 rings (SSSR count). The number of amides is 1. The van der Waals surface area contributed by atoms with Crippen LogP contribution in [0.5, 0.6) is 0 Å². The van der Waals surface area contributed by atoms with Gasteiger partial charge >= 0.3 is 0 Å². The van der Waals surface area contributed by atoms with E-state index in [0.29, 0.717) is 37.5 Å². The molecule has 1 saturated carbocycles. The number of rotatable bonds is 8. The third kappa shape index (κ3) is 4.53. The maximum absolute atomic E-state index is 11.8. The van der Waals surface area contributed by atoms with E-state index < -0.39 is 5.60 Å². The number of nitrogens with zero attached hydrogens (tertiary/aromatic N) is 2. The van der Waals surface area contributed by atoms with Gasteiger partial charge in [-0.1, -0.05) is 26.7 Å². The van der Waals surface area contributed by atoms with Gasteiger partial charge in [0.2, 0.25) is 17.7 Å². The van der Waals surface area contributed by atoms with Crippen LogP contribution in [0.2, 0.25) is 0 Å². The molecule has 1 aliphatic rings. The first-order valence-corrected chi connectivity index (χ1v) is 8.37. The molecule has 1 aromatic rings. The average Bonchev–Trinajstić information content (AvgIpc) is 3.21. The number of carbonyl (C=O) groups is 1. The molecule has 0 unspecified atom stereocenters. The average molecular weight is 309 g/mol. The van der Waals surface area contributed by atoms with E-state index >= 15 is 0 Å². The van der Waals surface area contributed by atoms with Gasteiger partial charge in [-0.2, -0.15) is 0 Å². The second-order valence-corrected chi connectivity index (χ2v) is 6.22. The number of aryl methyl sites for hydroxylation is 1. The normalized spacial score (nSPS) is 16.1. The lowest BCUT2D eigenvalue weighted by Gasteiger charge is -2.25. The third-order valence-electron chi connectivity index (χ3n) is 4.68. The molecule has 1 heterocycles. The van der Waals surface area contributed by atoms with Gasteiger partial charge in [-0.15, -0.1) is 10.2 Å². The van der Waals surface area contributed by atoms with Crippen molar-refractivity contribution in [2.45, 2.75) is 76.7 Å². The summed E-state index contributed by atoms with van der Waals surface area (Å²) in [7, 11) is 0. The minimum absolute atomic E-state index is 0.0964. The zero-order chi connectivity index (χ0) is 16.0. The second kappa shape index (κ2) is 7.72. The number of carbonyl (C=O) groups excluding carboxylic acids is 1. The van der Waals surface area contributed by atoms with Gasteiger partial charge in [0.1, 0.15) is 0 Å². The SMILES string of the molecule is CCC(O)(CC)CNC(=O)CCc1nnc(C2CCCC2)o1. The Bertz CT molecular complexity index is 477. The fraction of sp³-hybridized carbons (Fsp3) is 0.812. The number of nitrogens with one attached hydrogen (secondary N) is 1. The standard InChI is InChI=1S/C16H27N3O3/c1-3-16(21,4-2)11-17-13(20)9-10-14-18-19-15(22-14)12-7-5-6-8-12/h12,21H,3-11H2,1-2H3,(H,17,20). The first-order chi connectivity index (χ1) is 10.6. The summed E-state index contributed by atoms with van der Waals surface area (Å²) < 4.78 is 5.65. The molecule has 2 N–H and O–H groups in total. The van der Waals surface area contributed by atoms with Crippen molar-refractivity contribution < 1.29 is 14.3 Å². The molecule has 6 nitrogen and oxygen atoms in total. The maximum atomic E-state index is 11.8. The fourth-order valence-electron chi connectivity index (χ4n) is 2.78. The molecular formula is C16H27N3O3. The zero-order valence-electron chi connectivity index (χ0n) is 13.6. The van der Waals surface area contributed by atoms with Crippen molar-refractivity contribution in [3.63, 3.8) is 0 Å². The lowest BCUT2D eigenvalue weighted by atomic mass is 9.97. The highest BCUT2D eigenvalue weighted by molar-refractivity contribution is 5.76. The van der Waals surface area contributed by atoms with Gasteiger partial charge in [-0.05, 0) is 25.7 Å². The van der Waals surface area contributed by atoms with E-state index in [1.54, 1.807) is 0 Å². The molecule has 1 aromatic heterocycles. The van der Waals surface area contributed by atoms with Crippen LogP contribution in [0.1, 0.15) is 76.5 Å². The zero-order valence-corrected chi connectivity index (χ0v) is 13.6. The summed E-state index contributed by atoms with van der Waals surface area (Å²) in [6, 6.07) is 0. The lowest BCUT2D eigenvalue weighted by Crippen LogP contribution is -2.42. The molecular weight excluding hydrogens is 282 g/mol. The Hall–Kier alpha value is -1.43. The van der Waals surface area contributed by atoms with Gasteiger partial charge in [0.25, 0.3) is 0 Å². The predicted molar refractivity (Wildman–Crippen MR) is 82.4 cm³/mol. The van der Waals surface area contributed by atoms with Crippen molar-refractivity contribution in [1.29, 1.82) is 0 Å². The maximum Gasteiger partial charge on any atom is 0.220 e. The summed E-state index contributed by atoms with van der Waals surface area (Å²) in [6.07, 6.45) is 6.68. The smallest absolute Gasteiger partial charge is 0.220 e. The Balaban J connectivity index is 1.74. The topological polar surface area (TPSA) is 88.2 Å². The number of aromatic nitrogens is 2. The molecule has 0 atom stereocenters. The number of aliphatic hydroxyl groups is 1. The van der Waals surface area contributed by atoms with Gasteiger partial charge in [0.15, 0.2) is 0 Å². The molecule has 0 saturated heterocycles. The highest BCUT2D eigenvalue weighted by Crippen LogP contribution is 2.33. The van der Waals surface area contributed by atoms with Crippen LogP contribution in [-0.4, -0.2) is 33.4 Å². The Morgan fingerprint density at radius 1 is 1.32 bits per heavy atom. The van der Waals surface area contributed by atoms with E-state index in [2.05, 4.69) is 15.5 Å². The van der Waals surface area contributed by atoms with Crippen LogP contribution in [0.4, 0.5) is 0 Å². The number of hydrogen-bond donors (Lipinski definition) is 2. The predicted octanol–water partition coefficient (Wildman–Crippen LogP) is 2.33. The molecule has 0 spiro atoms. The summed E-state index contributed by atoms with van der Waals surface area (Å²) in [5, 5.41) is 21.0. The first kappa shape index (κ1) is 16.9.